The van der Waals surface area contributed by atoms with Gasteiger partial charge in [0.15, 0.2) is 9.84 Å². The van der Waals surface area contributed by atoms with E-state index in [4.69, 9.17) is 0 Å². The van der Waals surface area contributed by atoms with Gasteiger partial charge in [0.2, 0.25) is 5.91 Å². The smallest absolute Gasteiger partial charge is 0.223 e. The fraction of sp³-hybridized carbons (Fsp3) is 0.562. The Morgan fingerprint density at radius 3 is 2.43 bits per heavy atom. The molecule has 0 radical (unpaired) electrons. The lowest BCUT2D eigenvalue weighted by Gasteiger charge is -2.24. The Morgan fingerprint density at radius 1 is 1.00 bits per heavy atom. The maximum absolute atomic E-state index is 12.4. The van der Waals surface area contributed by atoms with Crippen LogP contribution in [0.15, 0.2) is 35.2 Å². The fourth-order valence-corrected chi connectivity index (χ4v) is 3.77. The number of nitrogens with zero attached hydrogens (tertiary/aromatic N) is 1. The molecule has 1 saturated heterocycles. The molecule has 0 spiro atoms. The molecule has 6 nitrogen and oxygen atoms in total. The highest BCUT2D eigenvalue weighted by Crippen LogP contribution is 2.12. The molecule has 0 aliphatic carbocycles. The third kappa shape index (κ3) is 5.93. The summed E-state index contributed by atoms with van der Waals surface area (Å²) in [6.45, 7) is 4.71. The zero-order chi connectivity index (χ0) is 16.5. The Kier molecular flexibility index (Phi) is 7.01. The van der Waals surface area contributed by atoms with Crippen molar-refractivity contribution in [3.63, 3.8) is 0 Å². The Bertz CT molecular complexity index is 580. The predicted octanol–water partition coefficient (Wildman–Crippen LogP) is 0.262. The first kappa shape index (κ1) is 17.9. The van der Waals surface area contributed by atoms with Crippen molar-refractivity contribution in [1.29, 1.82) is 0 Å². The lowest BCUT2D eigenvalue weighted by atomic mass is 10.3. The second-order valence-corrected chi connectivity index (χ2v) is 7.73. The molecule has 1 aliphatic rings. The van der Waals surface area contributed by atoms with Crippen molar-refractivity contribution in [1.82, 2.24) is 15.5 Å². The van der Waals surface area contributed by atoms with Crippen LogP contribution in [0.1, 0.15) is 12.8 Å². The first-order chi connectivity index (χ1) is 11.1. The van der Waals surface area contributed by atoms with Crippen LogP contribution in [0.3, 0.4) is 0 Å². The Hall–Kier alpha value is -1.44. The zero-order valence-electron chi connectivity index (χ0n) is 13.3. The van der Waals surface area contributed by atoms with E-state index in [0.29, 0.717) is 13.1 Å². The minimum Gasteiger partial charge on any atom is -0.341 e. The molecule has 1 aliphatic heterocycles. The standard InChI is InChI=1S/C16H25N3O3S/c20-16(19-12-4-8-17-9-10-18-11-13-19)7-14-23(21,22)15-5-2-1-3-6-15/h1-3,5-6,17-18H,4,7-14H2. The minimum atomic E-state index is -3.40. The van der Waals surface area contributed by atoms with Crippen LogP contribution in [0.5, 0.6) is 0 Å². The van der Waals surface area contributed by atoms with Gasteiger partial charge in [0.25, 0.3) is 0 Å². The molecule has 1 fully saturated rings. The largest absolute Gasteiger partial charge is 0.341 e. The monoisotopic (exact) mass is 339 g/mol. The summed E-state index contributed by atoms with van der Waals surface area (Å²) in [7, 11) is -3.40. The molecule has 2 rings (SSSR count). The lowest BCUT2D eigenvalue weighted by molar-refractivity contribution is -0.130. The first-order valence-electron chi connectivity index (χ1n) is 8.06. The Morgan fingerprint density at radius 2 is 1.70 bits per heavy atom. The summed E-state index contributed by atoms with van der Waals surface area (Å²) in [5.74, 6) is -0.232. The van der Waals surface area contributed by atoms with Crippen molar-refractivity contribution < 1.29 is 13.2 Å². The highest BCUT2D eigenvalue weighted by Gasteiger charge is 2.19. The SMILES string of the molecule is O=C(CCS(=O)(=O)c1ccccc1)N1CCCNCCNCC1. The van der Waals surface area contributed by atoms with E-state index >= 15 is 0 Å². The van der Waals surface area contributed by atoms with Gasteiger partial charge in [-0.2, -0.15) is 0 Å². The van der Waals surface area contributed by atoms with E-state index in [9.17, 15) is 13.2 Å². The second kappa shape index (κ2) is 9.00. The van der Waals surface area contributed by atoms with Crippen LogP contribution in [0.2, 0.25) is 0 Å². The quantitative estimate of drug-likeness (QED) is 0.823. The Labute approximate surface area is 138 Å². The first-order valence-corrected chi connectivity index (χ1v) is 9.72. The summed E-state index contributed by atoms with van der Waals surface area (Å²) in [6.07, 6.45) is 0.918. The maximum Gasteiger partial charge on any atom is 0.223 e. The van der Waals surface area contributed by atoms with Crippen LogP contribution >= 0.6 is 0 Å². The highest BCUT2D eigenvalue weighted by atomic mass is 32.2. The molecular weight excluding hydrogens is 314 g/mol. The minimum absolute atomic E-state index is 0.0324. The van der Waals surface area contributed by atoms with Gasteiger partial charge >= 0.3 is 0 Å². The third-order valence-electron chi connectivity index (χ3n) is 3.86. The number of carbonyl (C=O) groups excluding carboxylic acids is 1. The van der Waals surface area contributed by atoms with Crippen LogP contribution in [0, 0.1) is 0 Å². The molecule has 0 aromatic heterocycles. The van der Waals surface area contributed by atoms with Crippen LogP contribution in [-0.4, -0.2) is 64.2 Å². The Balaban J connectivity index is 1.89. The summed E-state index contributed by atoms with van der Waals surface area (Å²) < 4.78 is 24.5. The fourth-order valence-electron chi connectivity index (χ4n) is 2.52. The van der Waals surface area contributed by atoms with Gasteiger partial charge in [0, 0.05) is 39.1 Å². The van der Waals surface area contributed by atoms with Gasteiger partial charge in [-0.25, -0.2) is 8.42 Å². The number of rotatable bonds is 4. The molecule has 1 heterocycles. The van der Waals surface area contributed by atoms with E-state index in [1.165, 1.54) is 0 Å². The number of amides is 1. The molecule has 1 aromatic rings. The molecule has 0 saturated carbocycles. The average molecular weight is 339 g/mol. The highest BCUT2D eigenvalue weighted by molar-refractivity contribution is 7.91. The number of benzene rings is 1. The molecule has 0 atom stereocenters. The number of nitrogens with one attached hydrogen (secondary N) is 2. The van der Waals surface area contributed by atoms with Crippen molar-refractivity contribution in [3.05, 3.63) is 30.3 Å². The molecule has 128 valence electrons. The summed E-state index contributed by atoms with van der Waals surface area (Å²) in [6, 6.07) is 8.30. The topological polar surface area (TPSA) is 78.5 Å². The molecule has 1 amide bonds. The predicted molar refractivity (Wildman–Crippen MR) is 90.0 cm³/mol. The zero-order valence-corrected chi connectivity index (χ0v) is 14.1. The molecular formula is C16H25N3O3S. The van der Waals surface area contributed by atoms with Crippen molar-refractivity contribution >= 4 is 15.7 Å². The second-order valence-electron chi connectivity index (χ2n) is 5.62. The van der Waals surface area contributed by atoms with Crippen LogP contribution in [-0.2, 0) is 14.6 Å². The average Bonchev–Trinajstić information content (AvgIpc) is 2.58. The summed E-state index contributed by atoms with van der Waals surface area (Å²) in [5.41, 5.74) is 0. The van der Waals surface area contributed by atoms with Gasteiger partial charge < -0.3 is 15.5 Å². The lowest BCUT2D eigenvalue weighted by Crippen LogP contribution is -2.42. The van der Waals surface area contributed by atoms with Gasteiger partial charge in [-0.3, -0.25) is 4.79 Å². The van der Waals surface area contributed by atoms with Crippen molar-refractivity contribution in [2.75, 3.05) is 45.0 Å². The van der Waals surface area contributed by atoms with Gasteiger partial charge in [0.05, 0.1) is 10.6 Å². The van der Waals surface area contributed by atoms with Crippen molar-refractivity contribution in [2.24, 2.45) is 0 Å². The normalized spacial score (nSPS) is 17.7. The van der Waals surface area contributed by atoms with E-state index in [1.54, 1.807) is 35.2 Å². The molecule has 0 unspecified atom stereocenters. The van der Waals surface area contributed by atoms with Crippen molar-refractivity contribution in [3.8, 4) is 0 Å². The summed E-state index contributed by atoms with van der Waals surface area (Å²) >= 11 is 0. The van der Waals surface area contributed by atoms with Crippen LogP contribution < -0.4 is 10.6 Å². The van der Waals surface area contributed by atoms with E-state index < -0.39 is 9.84 Å². The molecule has 1 aromatic carbocycles. The molecule has 23 heavy (non-hydrogen) atoms. The number of hydrogen-bond acceptors (Lipinski definition) is 5. The van der Waals surface area contributed by atoms with Gasteiger partial charge in [-0.1, -0.05) is 18.2 Å². The van der Waals surface area contributed by atoms with E-state index in [0.717, 1.165) is 32.6 Å². The molecule has 7 heteroatoms. The van der Waals surface area contributed by atoms with Crippen molar-refractivity contribution in [2.45, 2.75) is 17.7 Å². The van der Waals surface area contributed by atoms with E-state index in [-0.39, 0.29) is 23.0 Å². The van der Waals surface area contributed by atoms with E-state index in [1.807, 2.05) is 0 Å². The number of hydrogen-bond donors (Lipinski definition) is 2. The maximum atomic E-state index is 12.4. The van der Waals surface area contributed by atoms with E-state index in [2.05, 4.69) is 10.6 Å². The number of sulfone groups is 1. The third-order valence-corrected chi connectivity index (χ3v) is 5.59. The van der Waals surface area contributed by atoms with Gasteiger partial charge in [-0.15, -0.1) is 0 Å². The summed E-state index contributed by atoms with van der Waals surface area (Å²) in [5, 5.41) is 6.56. The van der Waals surface area contributed by atoms with Crippen LogP contribution in [0.25, 0.3) is 0 Å². The van der Waals surface area contributed by atoms with Gasteiger partial charge in [-0.05, 0) is 25.1 Å². The molecule has 2 N–H and O–H groups in total. The number of carbonyl (C=O) groups is 1. The van der Waals surface area contributed by atoms with Gasteiger partial charge in [0.1, 0.15) is 0 Å². The molecule has 0 bridgehead atoms. The van der Waals surface area contributed by atoms with Crippen LogP contribution in [0.4, 0.5) is 0 Å². The summed E-state index contributed by atoms with van der Waals surface area (Å²) in [4.78, 5) is 14.4.